The third kappa shape index (κ3) is 5.53. The quantitative estimate of drug-likeness (QED) is 0.457. The van der Waals surface area contributed by atoms with Crippen molar-refractivity contribution >= 4 is 46.5 Å². The highest BCUT2D eigenvalue weighted by atomic mass is 35.5. The number of para-hydroxylation sites is 1. The summed E-state index contributed by atoms with van der Waals surface area (Å²) in [6, 6.07) is 19.5. The average molecular weight is 444 g/mol. The van der Waals surface area contributed by atoms with Crippen LogP contribution in [0.4, 0.5) is 11.4 Å². The molecule has 0 saturated carbocycles. The highest BCUT2D eigenvalue weighted by molar-refractivity contribution is 6.39. The number of halogens is 2. The minimum absolute atomic E-state index is 0.111. The van der Waals surface area contributed by atoms with Crippen LogP contribution in [0.1, 0.15) is 21.5 Å². The maximum Gasteiger partial charge on any atom is 0.344 e. The molecule has 0 aliphatic carbocycles. The molecule has 0 heterocycles. The third-order valence-corrected chi connectivity index (χ3v) is 5.06. The average Bonchev–Trinajstić information content (AvgIpc) is 2.77. The zero-order valence-electron chi connectivity index (χ0n) is 16.2. The van der Waals surface area contributed by atoms with E-state index >= 15 is 0 Å². The molecule has 0 aliphatic heterocycles. The van der Waals surface area contributed by atoms with Gasteiger partial charge in [0, 0.05) is 0 Å². The van der Waals surface area contributed by atoms with Gasteiger partial charge in [-0.3, -0.25) is 0 Å². The Labute approximate surface area is 184 Å². The second-order valence-corrected chi connectivity index (χ2v) is 7.23. The van der Waals surface area contributed by atoms with Crippen LogP contribution in [0.2, 0.25) is 10.0 Å². The summed E-state index contributed by atoms with van der Waals surface area (Å²) in [6.45, 7) is 1.47. The fourth-order valence-corrected chi connectivity index (χ4v) is 3.12. The van der Waals surface area contributed by atoms with E-state index < -0.39 is 18.5 Å². The van der Waals surface area contributed by atoms with Gasteiger partial charge in [-0.2, -0.15) is 0 Å². The molecule has 5 nitrogen and oxygen atoms in total. The van der Waals surface area contributed by atoms with Crippen LogP contribution in [0.3, 0.4) is 0 Å². The first-order chi connectivity index (χ1) is 14.5. The molecule has 0 fully saturated rings. The van der Waals surface area contributed by atoms with Crippen LogP contribution in [0.15, 0.2) is 66.7 Å². The molecular formula is C23H19Cl2NO4. The van der Waals surface area contributed by atoms with E-state index in [2.05, 4.69) is 5.32 Å². The lowest BCUT2D eigenvalue weighted by molar-refractivity contribution is -0.148. The molecule has 0 atom stereocenters. The molecule has 0 saturated heterocycles. The Kier molecular flexibility index (Phi) is 7.33. The van der Waals surface area contributed by atoms with E-state index in [0.717, 1.165) is 11.1 Å². The molecule has 0 amide bonds. The number of hydrogen-bond acceptors (Lipinski definition) is 5. The predicted octanol–water partition coefficient (Wildman–Crippen LogP) is 5.95. The van der Waals surface area contributed by atoms with Crippen LogP contribution in [0, 0.1) is 6.92 Å². The molecule has 3 rings (SSSR count). The number of hydrogen-bond donors (Lipinski definition) is 1. The second-order valence-electron chi connectivity index (χ2n) is 6.45. The molecular weight excluding hydrogens is 425 g/mol. The van der Waals surface area contributed by atoms with Crippen molar-refractivity contribution in [2.45, 2.75) is 13.5 Å². The topological polar surface area (TPSA) is 64.6 Å². The molecule has 3 aromatic rings. The van der Waals surface area contributed by atoms with Crippen molar-refractivity contribution in [2.75, 3.05) is 11.9 Å². The van der Waals surface area contributed by atoms with Crippen molar-refractivity contribution < 1.29 is 19.1 Å². The first kappa shape index (κ1) is 21.7. The number of aryl methyl sites for hydroxylation is 1. The number of benzene rings is 3. The Morgan fingerprint density at radius 3 is 2.37 bits per heavy atom. The summed E-state index contributed by atoms with van der Waals surface area (Å²) in [5.74, 6) is -1.31. The Hall–Kier alpha value is -3.02. The molecule has 0 aromatic heterocycles. The second kappa shape index (κ2) is 10.1. The van der Waals surface area contributed by atoms with Crippen molar-refractivity contribution in [1.82, 2.24) is 0 Å². The van der Waals surface area contributed by atoms with Gasteiger partial charge in [0.1, 0.15) is 6.61 Å². The molecule has 0 spiro atoms. The van der Waals surface area contributed by atoms with Crippen LogP contribution in [0.5, 0.6) is 0 Å². The van der Waals surface area contributed by atoms with Gasteiger partial charge in [-0.05, 0) is 36.2 Å². The number of ether oxygens (including phenoxy) is 2. The normalized spacial score (nSPS) is 10.4. The lowest BCUT2D eigenvalue weighted by atomic mass is 10.1. The van der Waals surface area contributed by atoms with Crippen LogP contribution in [-0.2, 0) is 20.9 Å². The summed E-state index contributed by atoms with van der Waals surface area (Å²) < 4.78 is 10.2. The third-order valence-electron chi connectivity index (χ3n) is 4.25. The summed E-state index contributed by atoms with van der Waals surface area (Å²) >= 11 is 12.6. The Morgan fingerprint density at radius 2 is 1.60 bits per heavy atom. The number of carbonyl (C=O) groups is 2. The molecule has 7 heteroatoms. The molecule has 0 bridgehead atoms. The SMILES string of the molecule is Cc1ccc(Cl)c(Nc2ccccc2C(=O)OCC(=O)OCc2ccccc2)c1Cl. The van der Waals surface area contributed by atoms with Crippen LogP contribution in [0.25, 0.3) is 0 Å². The highest BCUT2D eigenvalue weighted by Crippen LogP contribution is 2.36. The fraction of sp³-hybridized carbons (Fsp3) is 0.130. The molecule has 0 radical (unpaired) electrons. The lowest BCUT2D eigenvalue weighted by Gasteiger charge is -2.15. The van der Waals surface area contributed by atoms with Gasteiger partial charge in [-0.15, -0.1) is 0 Å². The van der Waals surface area contributed by atoms with Crippen molar-refractivity contribution in [3.63, 3.8) is 0 Å². The van der Waals surface area contributed by atoms with Gasteiger partial charge in [0.05, 0.1) is 27.0 Å². The van der Waals surface area contributed by atoms with Gasteiger partial charge in [0.15, 0.2) is 6.61 Å². The molecule has 3 aromatic carbocycles. The van der Waals surface area contributed by atoms with Gasteiger partial charge in [-0.1, -0.05) is 71.7 Å². The fourth-order valence-electron chi connectivity index (χ4n) is 2.66. The zero-order chi connectivity index (χ0) is 21.5. The maximum atomic E-state index is 12.5. The molecule has 30 heavy (non-hydrogen) atoms. The van der Waals surface area contributed by atoms with E-state index in [1.165, 1.54) is 0 Å². The molecule has 0 unspecified atom stereocenters. The first-order valence-electron chi connectivity index (χ1n) is 9.13. The summed E-state index contributed by atoms with van der Waals surface area (Å²) in [5, 5.41) is 3.95. The smallest absolute Gasteiger partial charge is 0.344 e. The maximum absolute atomic E-state index is 12.5. The van der Waals surface area contributed by atoms with Gasteiger partial charge >= 0.3 is 11.9 Å². The number of carbonyl (C=O) groups excluding carboxylic acids is 2. The van der Waals surface area contributed by atoms with E-state index in [9.17, 15) is 9.59 Å². The first-order valence-corrected chi connectivity index (χ1v) is 9.88. The summed E-state index contributed by atoms with van der Waals surface area (Å²) in [5.41, 5.74) is 2.86. The minimum atomic E-state index is -0.672. The van der Waals surface area contributed by atoms with E-state index in [1.54, 1.807) is 36.4 Å². The van der Waals surface area contributed by atoms with Crippen molar-refractivity contribution in [2.24, 2.45) is 0 Å². The number of anilines is 2. The summed E-state index contributed by atoms with van der Waals surface area (Å²) in [6.07, 6.45) is 0. The monoisotopic (exact) mass is 443 g/mol. The minimum Gasteiger partial charge on any atom is -0.458 e. The van der Waals surface area contributed by atoms with Crippen molar-refractivity contribution in [1.29, 1.82) is 0 Å². The van der Waals surface area contributed by atoms with Crippen molar-refractivity contribution in [3.05, 3.63) is 93.5 Å². The Balaban J connectivity index is 1.64. The predicted molar refractivity (Wildman–Crippen MR) is 117 cm³/mol. The van der Waals surface area contributed by atoms with Crippen LogP contribution < -0.4 is 5.32 Å². The van der Waals surface area contributed by atoms with Gasteiger partial charge in [-0.25, -0.2) is 9.59 Å². The Bertz CT molecular complexity index is 1050. The van der Waals surface area contributed by atoms with E-state index in [1.807, 2.05) is 37.3 Å². The number of nitrogens with one attached hydrogen (secondary N) is 1. The molecule has 1 N–H and O–H groups in total. The van der Waals surface area contributed by atoms with Crippen LogP contribution in [-0.4, -0.2) is 18.5 Å². The summed E-state index contributed by atoms with van der Waals surface area (Å²) in [7, 11) is 0. The molecule has 0 aliphatic rings. The largest absolute Gasteiger partial charge is 0.458 e. The molecule has 154 valence electrons. The summed E-state index contributed by atoms with van der Waals surface area (Å²) in [4.78, 5) is 24.4. The lowest BCUT2D eigenvalue weighted by Crippen LogP contribution is -2.17. The highest BCUT2D eigenvalue weighted by Gasteiger charge is 2.17. The van der Waals surface area contributed by atoms with E-state index in [4.69, 9.17) is 32.7 Å². The van der Waals surface area contributed by atoms with E-state index in [-0.39, 0.29) is 12.2 Å². The Morgan fingerprint density at radius 1 is 0.900 bits per heavy atom. The van der Waals surface area contributed by atoms with Gasteiger partial charge in [0.2, 0.25) is 0 Å². The standard InChI is InChI=1S/C23H19Cl2NO4/c1-15-11-12-18(24)22(21(15)25)26-19-10-6-5-9-17(19)23(28)30-14-20(27)29-13-16-7-3-2-4-8-16/h2-12,26H,13-14H2,1H3. The number of rotatable bonds is 7. The van der Waals surface area contributed by atoms with Gasteiger partial charge in [0.25, 0.3) is 0 Å². The van der Waals surface area contributed by atoms with Crippen molar-refractivity contribution in [3.8, 4) is 0 Å². The van der Waals surface area contributed by atoms with E-state index in [0.29, 0.717) is 21.4 Å². The van der Waals surface area contributed by atoms with Gasteiger partial charge < -0.3 is 14.8 Å². The van der Waals surface area contributed by atoms with Crippen LogP contribution >= 0.6 is 23.2 Å². The number of esters is 2. The zero-order valence-corrected chi connectivity index (χ0v) is 17.7.